The number of carbonyl (C=O) groups excluding carboxylic acids is 1. The highest BCUT2D eigenvalue weighted by Gasteiger charge is 2.44. The highest BCUT2D eigenvalue weighted by molar-refractivity contribution is 5.68. The van der Waals surface area contributed by atoms with Crippen LogP contribution in [0.5, 0.6) is 0 Å². The van der Waals surface area contributed by atoms with Crippen LogP contribution in [0.25, 0.3) is 0 Å². The maximum absolute atomic E-state index is 12.1. The number of ether oxygens (including phenoxy) is 4. The van der Waals surface area contributed by atoms with Crippen LogP contribution >= 0.6 is 0 Å². The minimum absolute atomic E-state index is 0.00160. The molecule has 13 heteroatoms. The van der Waals surface area contributed by atoms with Crippen LogP contribution in [-0.2, 0) is 18.9 Å². The van der Waals surface area contributed by atoms with Gasteiger partial charge in [-0.15, -0.1) is 0 Å². The van der Waals surface area contributed by atoms with E-state index in [4.69, 9.17) is 24.7 Å². The number of nitrogens with zero attached hydrogens (tertiary/aromatic N) is 2. The zero-order valence-electron chi connectivity index (χ0n) is 38.0. The van der Waals surface area contributed by atoms with Crippen molar-refractivity contribution in [2.24, 2.45) is 5.73 Å². The summed E-state index contributed by atoms with van der Waals surface area (Å²) >= 11 is 0. The van der Waals surface area contributed by atoms with E-state index in [1.54, 1.807) is 0 Å². The molecule has 3 fully saturated rings. The summed E-state index contributed by atoms with van der Waals surface area (Å²) in [5.41, 5.74) is 5.74. The van der Waals surface area contributed by atoms with E-state index in [1.165, 1.54) is 122 Å². The van der Waals surface area contributed by atoms with Gasteiger partial charge in [0, 0.05) is 26.2 Å². The summed E-state index contributed by atoms with van der Waals surface area (Å²) < 4.78 is 21.4. The monoisotopic (exact) mass is 846 g/mol. The van der Waals surface area contributed by atoms with Gasteiger partial charge in [0.1, 0.15) is 30.0 Å². The van der Waals surface area contributed by atoms with Crippen molar-refractivity contribution in [3.63, 3.8) is 0 Å². The van der Waals surface area contributed by atoms with E-state index in [0.717, 1.165) is 71.6 Å². The van der Waals surface area contributed by atoms with Crippen LogP contribution in [0.4, 0.5) is 4.79 Å². The Morgan fingerprint density at radius 1 is 0.729 bits per heavy atom. The predicted octanol–water partition coefficient (Wildman–Crippen LogP) is 6.81. The molecule has 0 radical (unpaired) electrons. The molecule has 3 saturated heterocycles. The molecule has 0 aromatic heterocycles. The van der Waals surface area contributed by atoms with Crippen molar-refractivity contribution < 1.29 is 49.3 Å². The molecule has 6 unspecified atom stereocenters. The van der Waals surface area contributed by atoms with E-state index in [1.807, 2.05) is 25.7 Å². The van der Waals surface area contributed by atoms with E-state index in [0.29, 0.717) is 6.42 Å². The van der Waals surface area contributed by atoms with Gasteiger partial charge in [0.2, 0.25) is 0 Å². The number of unbranched alkanes of at least 4 members (excludes halogenated alkanes) is 19. The Bertz CT molecular complexity index is 1020. The summed E-state index contributed by atoms with van der Waals surface area (Å²) in [7, 11) is 0. The molecule has 7 N–H and O–H groups in total. The van der Waals surface area contributed by atoms with Crippen LogP contribution in [0.2, 0.25) is 0 Å². The molecule has 0 saturated carbocycles. The number of aliphatic hydroxyl groups excluding tert-OH is 5. The normalized spacial score (nSPS) is 24.0. The topological polar surface area (TPSA) is 188 Å². The van der Waals surface area contributed by atoms with Crippen molar-refractivity contribution in [2.45, 2.75) is 230 Å². The highest BCUT2D eigenvalue weighted by Crippen LogP contribution is 2.24. The molecule has 0 aromatic carbocycles. The lowest BCUT2D eigenvalue weighted by Gasteiger charge is -2.39. The van der Waals surface area contributed by atoms with E-state index in [-0.39, 0.29) is 18.2 Å². The third-order valence-corrected chi connectivity index (χ3v) is 11.9. The molecule has 3 aliphatic heterocycles. The van der Waals surface area contributed by atoms with E-state index in [9.17, 15) is 30.3 Å². The molecule has 3 heterocycles. The number of nitrogens with two attached hydrogens (primary N) is 1. The summed E-state index contributed by atoms with van der Waals surface area (Å²) in [5, 5.41) is 48.7. The quantitative estimate of drug-likeness (QED) is 0.0416. The Labute approximate surface area is 359 Å². The van der Waals surface area contributed by atoms with E-state index < -0.39 is 49.0 Å². The minimum atomic E-state index is -1.44. The highest BCUT2D eigenvalue weighted by atomic mass is 16.7. The molecular weight excluding hydrogens is 755 g/mol. The maximum Gasteiger partial charge on any atom is 0.410 e. The fraction of sp³-hybridized carbons (Fsp3) is 0.978. The summed E-state index contributed by atoms with van der Waals surface area (Å²) in [6.07, 6.45) is 22.6. The van der Waals surface area contributed by atoms with Crippen molar-refractivity contribution >= 4 is 6.09 Å². The Balaban J connectivity index is 0.000000409. The van der Waals surface area contributed by atoms with Crippen LogP contribution in [0.15, 0.2) is 0 Å². The van der Waals surface area contributed by atoms with Crippen LogP contribution in [0.1, 0.15) is 182 Å². The minimum Gasteiger partial charge on any atom is -0.444 e. The first-order chi connectivity index (χ1) is 28.3. The van der Waals surface area contributed by atoms with Gasteiger partial charge < -0.3 is 55.1 Å². The van der Waals surface area contributed by atoms with Gasteiger partial charge in [-0.25, -0.2) is 4.79 Å². The first-order valence-electron chi connectivity index (χ1n) is 24.0. The number of hydrogen-bond donors (Lipinski definition) is 6. The first kappa shape index (κ1) is 54.0. The first-order valence-corrected chi connectivity index (χ1v) is 24.0. The summed E-state index contributed by atoms with van der Waals surface area (Å²) in [6, 6.07) is 0. The van der Waals surface area contributed by atoms with Crippen molar-refractivity contribution in [1.29, 1.82) is 0 Å². The second-order valence-corrected chi connectivity index (χ2v) is 18.8. The van der Waals surface area contributed by atoms with Gasteiger partial charge in [-0.3, -0.25) is 4.90 Å². The second-order valence-electron chi connectivity index (χ2n) is 18.8. The van der Waals surface area contributed by atoms with Gasteiger partial charge in [0.15, 0.2) is 6.29 Å². The largest absolute Gasteiger partial charge is 0.444 e. The molecular formula is C46H91N3O10. The van der Waals surface area contributed by atoms with Crippen molar-refractivity contribution in [1.82, 2.24) is 9.80 Å². The standard InChI is InChI=1S/C24H48O7.C22H43N3O3/c1-2-3-4-5-6-7-8-9-10-11-12-13-14-15-19(26)16-17-30-24-23(29)22(28)21(27)20(18-25)31-24;1-21(2,3)28-20(26)25-16-14-24(15-17-25)13-11-9-7-5-4-6-8-10-12-22(23)18-27-19-22/h19-29H,2-18H2,1H3;4-19,23H2,1-3H3. The molecule has 59 heavy (non-hydrogen) atoms. The third kappa shape index (κ3) is 24.9. The molecule has 0 bridgehead atoms. The zero-order chi connectivity index (χ0) is 43.4. The molecule has 3 rings (SSSR count). The predicted molar refractivity (Wildman–Crippen MR) is 234 cm³/mol. The molecule has 0 aliphatic carbocycles. The van der Waals surface area contributed by atoms with Crippen molar-refractivity contribution in [2.75, 3.05) is 59.2 Å². The molecule has 0 spiro atoms. The van der Waals surface area contributed by atoms with Gasteiger partial charge in [0.05, 0.1) is 38.1 Å². The van der Waals surface area contributed by atoms with Gasteiger partial charge in [-0.2, -0.15) is 0 Å². The van der Waals surface area contributed by atoms with Crippen LogP contribution in [0.3, 0.4) is 0 Å². The Kier molecular flexibility index (Phi) is 29.0. The van der Waals surface area contributed by atoms with E-state index >= 15 is 0 Å². The Morgan fingerprint density at radius 2 is 1.24 bits per heavy atom. The summed E-state index contributed by atoms with van der Waals surface area (Å²) in [6.45, 7) is 13.9. The number of rotatable bonds is 30. The van der Waals surface area contributed by atoms with E-state index in [2.05, 4.69) is 11.8 Å². The number of piperazine rings is 1. The number of amides is 1. The lowest BCUT2D eigenvalue weighted by molar-refractivity contribution is -0.301. The van der Waals surface area contributed by atoms with Crippen LogP contribution in [0, 0.1) is 0 Å². The SMILES string of the molecule is CC(C)(C)OC(=O)N1CCN(CCCCCCCCCCC2(N)COC2)CC1.CCCCCCCCCCCCCCCC(O)CCOC1OC(CO)C(O)C(O)C1O. The maximum atomic E-state index is 12.1. The molecule has 1 amide bonds. The number of hydrogen-bond acceptors (Lipinski definition) is 12. The van der Waals surface area contributed by atoms with Crippen molar-refractivity contribution in [3.8, 4) is 0 Å². The van der Waals surface area contributed by atoms with Gasteiger partial charge in [-0.05, 0) is 53.0 Å². The Hall–Kier alpha value is -1.13. The molecule has 0 aromatic rings. The molecule has 13 nitrogen and oxygen atoms in total. The summed E-state index contributed by atoms with van der Waals surface area (Å²) in [4.78, 5) is 16.4. The van der Waals surface area contributed by atoms with Crippen LogP contribution < -0.4 is 5.73 Å². The third-order valence-electron chi connectivity index (χ3n) is 11.9. The average Bonchev–Trinajstić information content (AvgIpc) is 3.19. The smallest absolute Gasteiger partial charge is 0.410 e. The lowest BCUT2D eigenvalue weighted by Crippen LogP contribution is -2.59. The van der Waals surface area contributed by atoms with Crippen LogP contribution in [-0.4, -0.2) is 149 Å². The fourth-order valence-corrected chi connectivity index (χ4v) is 7.93. The van der Waals surface area contributed by atoms with Gasteiger partial charge in [0.25, 0.3) is 0 Å². The van der Waals surface area contributed by atoms with Gasteiger partial charge >= 0.3 is 6.09 Å². The number of aliphatic hydroxyl groups is 5. The lowest BCUT2D eigenvalue weighted by atomic mass is 9.91. The number of carbonyl (C=O) groups is 1. The van der Waals surface area contributed by atoms with Gasteiger partial charge in [-0.1, -0.05) is 135 Å². The zero-order valence-corrected chi connectivity index (χ0v) is 38.0. The molecule has 6 atom stereocenters. The molecule has 350 valence electrons. The fourth-order valence-electron chi connectivity index (χ4n) is 7.93. The molecule has 3 aliphatic rings. The second kappa shape index (κ2) is 31.7. The average molecular weight is 846 g/mol. The van der Waals surface area contributed by atoms with Crippen molar-refractivity contribution in [3.05, 3.63) is 0 Å². The Morgan fingerprint density at radius 3 is 1.73 bits per heavy atom. The summed E-state index contributed by atoms with van der Waals surface area (Å²) in [5.74, 6) is 0.